The molecule has 1 aromatic carbocycles. The molecule has 3 rings (SSSR count). The van der Waals surface area contributed by atoms with Gasteiger partial charge in [-0.05, 0) is 38.3 Å². The van der Waals surface area contributed by atoms with E-state index in [-0.39, 0.29) is 30.1 Å². The number of hydrogen-bond donors (Lipinski definition) is 1. The first-order valence-electron chi connectivity index (χ1n) is 9.23. The highest BCUT2D eigenvalue weighted by atomic mass is 16.5. The Morgan fingerprint density at radius 3 is 2.52 bits per heavy atom. The molecule has 2 aliphatic rings. The van der Waals surface area contributed by atoms with Gasteiger partial charge in [0.2, 0.25) is 5.91 Å². The SMILES string of the molecule is CO[C@H]1C[C@@H](C(=O)N2CCC(CO)(Cc3ccccc3)CC2)N(C)C1. The molecule has 1 N–H and O–H groups in total. The van der Waals surface area contributed by atoms with Crippen LogP contribution in [0.25, 0.3) is 0 Å². The van der Waals surface area contributed by atoms with Crippen LogP contribution in [-0.4, -0.2) is 73.4 Å². The molecule has 2 heterocycles. The second kappa shape index (κ2) is 7.85. The first-order valence-corrected chi connectivity index (χ1v) is 9.23. The van der Waals surface area contributed by atoms with Crippen LogP contribution >= 0.6 is 0 Å². The Bertz CT molecular complexity index is 570. The standard InChI is InChI=1S/C20H30N2O3/c1-21-14-17(25-2)12-18(21)19(24)22-10-8-20(15-23,9-11-22)13-16-6-4-3-5-7-16/h3-7,17-18,23H,8-15H2,1-2H3/t17-,18-/m0/s1. The lowest BCUT2D eigenvalue weighted by Crippen LogP contribution is -2.50. The van der Waals surface area contributed by atoms with Gasteiger partial charge in [0, 0.05) is 38.8 Å². The smallest absolute Gasteiger partial charge is 0.240 e. The number of carbonyl (C=O) groups is 1. The molecule has 0 spiro atoms. The van der Waals surface area contributed by atoms with Crippen molar-refractivity contribution in [3.63, 3.8) is 0 Å². The lowest BCUT2D eigenvalue weighted by Gasteiger charge is -2.42. The van der Waals surface area contributed by atoms with Gasteiger partial charge in [-0.2, -0.15) is 0 Å². The summed E-state index contributed by atoms with van der Waals surface area (Å²) in [4.78, 5) is 17.0. The number of hydrogen-bond acceptors (Lipinski definition) is 4. The molecule has 0 aromatic heterocycles. The van der Waals surface area contributed by atoms with Crippen LogP contribution in [0.3, 0.4) is 0 Å². The second-order valence-corrected chi connectivity index (χ2v) is 7.69. The van der Waals surface area contributed by atoms with Gasteiger partial charge in [-0.1, -0.05) is 30.3 Å². The van der Waals surface area contributed by atoms with Crippen molar-refractivity contribution >= 4 is 5.91 Å². The number of amides is 1. The van der Waals surface area contributed by atoms with E-state index in [2.05, 4.69) is 17.0 Å². The normalized spacial score (nSPS) is 26.8. The number of aliphatic hydroxyl groups is 1. The third-order valence-corrected chi connectivity index (χ3v) is 6.02. The molecule has 0 radical (unpaired) electrons. The summed E-state index contributed by atoms with van der Waals surface area (Å²) in [5, 5.41) is 10.0. The lowest BCUT2D eigenvalue weighted by atomic mass is 9.74. The molecule has 0 bridgehead atoms. The summed E-state index contributed by atoms with van der Waals surface area (Å²) in [6, 6.07) is 10.3. The second-order valence-electron chi connectivity index (χ2n) is 7.69. The van der Waals surface area contributed by atoms with Crippen LogP contribution in [0.4, 0.5) is 0 Å². The Morgan fingerprint density at radius 1 is 1.28 bits per heavy atom. The summed E-state index contributed by atoms with van der Waals surface area (Å²) in [5.74, 6) is 0.216. The molecular weight excluding hydrogens is 316 g/mol. The molecule has 0 unspecified atom stereocenters. The van der Waals surface area contributed by atoms with Gasteiger partial charge in [0.05, 0.1) is 12.1 Å². The predicted molar refractivity (Wildman–Crippen MR) is 97.3 cm³/mol. The minimum absolute atomic E-state index is 0.0688. The van der Waals surface area contributed by atoms with Crippen molar-refractivity contribution in [2.45, 2.75) is 37.8 Å². The van der Waals surface area contributed by atoms with Crippen LogP contribution in [0.15, 0.2) is 30.3 Å². The highest BCUT2D eigenvalue weighted by Gasteiger charge is 2.40. The number of nitrogens with zero attached hydrogens (tertiary/aromatic N) is 2. The third kappa shape index (κ3) is 4.05. The zero-order valence-electron chi connectivity index (χ0n) is 15.4. The average molecular weight is 346 g/mol. The van der Waals surface area contributed by atoms with E-state index in [0.29, 0.717) is 0 Å². The maximum atomic E-state index is 12.9. The fourth-order valence-corrected chi connectivity index (χ4v) is 4.24. The monoisotopic (exact) mass is 346 g/mol. The van der Waals surface area contributed by atoms with Crippen LogP contribution in [0.2, 0.25) is 0 Å². The summed E-state index contributed by atoms with van der Waals surface area (Å²) in [6.07, 6.45) is 3.51. The quantitative estimate of drug-likeness (QED) is 0.879. The van der Waals surface area contributed by atoms with E-state index in [9.17, 15) is 9.90 Å². The number of benzene rings is 1. The fourth-order valence-electron chi connectivity index (χ4n) is 4.24. The molecule has 1 amide bonds. The van der Waals surface area contributed by atoms with Gasteiger partial charge >= 0.3 is 0 Å². The van der Waals surface area contributed by atoms with Crippen molar-refractivity contribution in [1.82, 2.24) is 9.80 Å². The minimum Gasteiger partial charge on any atom is -0.396 e. The van der Waals surface area contributed by atoms with E-state index in [0.717, 1.165) is 45.3 Å². The summed E-state index contributed by atoms with van der Waals surface area (Å²) < 4.78 is 5.42. The number of likely N-dealkylation sites (N-methyl/N-ethyl adjacent to an activating group) is 1. The highest BCUT2D eigenvalue weighted by molar-refractivity contribution is 5.82. The van der Waals surface area contributed by atoms with Crippen LogP contribution in [0, 0.1) is 5.41 Å². The third-order valence-electron chi connectivity index (χ3n) is 6.02. The van der Waals surface area contributed by atoms with Crippen molar-refractivity contribution in [1.29, 1.82) is 0 Å². The molecule has 138 valence electrons. The molecule has 0 saturated carbocycles. The highest BCUT2D eigenvalue weighted by Crippen LogP contribution is 2.35. The van der Waals surface area contributed by atoms with Crippen LogP contribution in [0.5, 0.6) is 0 Å². The van der Waals surface area contributed by atoms with Crippen LogP contribution in [-0.2, 0) is 16.0 Å². The van der Waals surface area contributed by atoms with Gasteiger partial charge in [-0.15, -0.1) is 0 Å². The summed E-state index contributed by atoms with van der Waals surface area (Å²) in [6.45, 7) is 2.46. The van der Waals surface area contributed by atoms with Gasteiger partial charge in [-0.3, -0.25) is 9.69 Å². The fraction of sp³-hybridized carbons (Fsp3) is 0.650. The van der Waals surface area contributed by atoms with Crippen molar-refractivity contribution in [2.75, 3.05) is 40.4 Å². The van der Waals surface area contributed by atoms with Crippen LogP contribution in [0.1, 0.15) is 24.8 Å². The summed E-state index contributed by atoms with van der Waals surface area (Å²) in [7, 11) is 3.71. The molecule has 0 aliphatic carbocycles. The maximum absolute atomic E-state index is 12.9. The van der Waals surface area contributed by atoms with Crippen LogP contribution < -0.4 is 0 Å². The molecule has 2 aliphatic heterocycles. The minimum atomic E-state index is -0.102. The zero-order chi connectivity index (χ0) is 17.9. The molecule has 2 fully saturated rings. The molecule has 2 atom stereocenters. The number of piperidine rings is 1. The zero-order valence-corrected chi connectivity index (χ0v) is 15.4. The van der Waals surface area contributed by atoms with Gasteiger partial charge in [-0.25, -0.2) is 0 Å². The Morgan fingerprint density at radius 2 is 1.96 bits per heavy atom. The first kappa shape index (κ1) is 18.4. The topological polar surface area (TPSA) is 53.0 Å². The Hall–Kier alpha value is -1.43. The van der Waals surface area contributed by atoms with E-state index < -0.39 is 0 Å². The van der Waals surface area contributed by atoms with Gasteiger partial charge in [0.15, 0.2) is 0 Å². The Balaban J connectivity index is 1.59. The van der Waals surface area contributed by atoms with E-state index >= 15 is 0 Å². The van der Waals surface area contributed by atoms with E-state index in [1.807, 2.05) is 30.1 Å². The van der Waals surface area contributed by atoms with Gasteiger partial charge < -0.3 is 14.7 Å². The number of rotatable bonds is 5. The number of likely N-dealkylation sites (tertiary alicyclic amines) is 2. The molecular formula is C20H30N2O3. The van der Waals surface area contributed by atoms with Crippen molar-refractivity contribution < 1.29 is 14.6 Å². The van der Waals surface area contributed by atoms with Crippen molar-refractivity contribution in [3.8, 4) is 0 Å². The molecule has 25 heavy (non-hydrogen) atoms. The van der Waals surface area contributed by atoms with E-state index in [4.69, 9.17) is 4.74 Å². The van der Waals surface area contributed by atoms with E-state index in [1.54, 1.807) is 7.11 Å². The largest absolute Gasteiger partial charge is 0.396 e. The first-order chi connectivity index (χ1) is 12.1. The Labute approximate surface area is 150 Å². The number of methoxy groups -OCH3 is 1. The number of carbonyl (C=O) groups excluding carboxylic acids is 1. The van der Waals surface area contributed by atoms with Crippen molar-refractivity contribution in [2.24, 2.45) is 5.41 Å². The Kier molecular flexibility index (Phi) is 5.77. The molecule has 5 nitrogen and oxygen atoms in total. The van der Waals surface area contributed by atoms with E-state index in [1.165, 1.54) is 5.56 Å². The van der Waals surface area contributed by atoms with Gasteiger partial charge in [0.1, 0.15) is 0 Å². The molecule has 2 saturated heterocycles. The average Bonchev–Trinajstić information content (AvgIpc) is 3.03. The predicted octanol–water partition coefficient (Wildman–Crippen LogP) is 1.55. The molecule has 1 aromatic rings. The maximum Gasteiger partial charge on any atom is 0.240 e. The number of aliphatic hydroxyl groups excluding tert-OH is 1. The summed E-state index contributed by atoms with van der Waals surface area (Å²) in [5.41, 5.74) is 1.16. The summed E-state index contributed by atoms with van der Waals surface area (Å²) >= 11 is 0. The van der Waals surface area contributed by atoms with Crippen molar-refractivity contribution in [3.05, 3.63) is 35.9 Å². The number of ether oxygens (including phenoxy) is 1. The van der Waals surface area contributed by atoms with Gasteiger partial charge in [0.25, 0.3) is 0 Å². The molecule has 5 heteroatoms. The lowest BCUT2D eigenvalue weighted by molar-refractivity contribution is -0.138.